The molecular formula is C20H21N3O2S. The van der Waals surface area contributed by atoms with Crippen molar-refractivity contribution in [1.29, 1.82) is 0 Å². The van der Waals surface area contributed by atoms with E-state index in [0.29, 0.717) is 5.76 Å². The predicted octanol–water partition coefficient (Wildman–Crippen LogP) is 4.11. The lowest BCUT2D eigenvalue weighted by molar-refractivity contribution is 0.0903. The molecule has 1 aliphatic heterocycles. The van der Waals surface area contributed by atoms with Crippen LogP contribution < -0.4 is 10.2 Å². The Hall–Kier alpha value is -2.60. The Morgan fingerprint density at radius 2 is 2.00 bits per heavy atom. The van der Waals surface area contributed by atoms with Crippen molar-refractivity contribution in [3.05, 3.63) is 59.4 Å². The summed E-state index contributed by atoms with van der Waals surface area (Å²) in [4.78, 5) is 19.2. The van der Waals surface area contributed by atoms with Crippen LogP contribution >= 0.6 is 11.3 Å². The fourth-order valence-corrected chi connectivity index (χ4v) is 4.03. The number of benzene rings is 1. The Morgan fingerprint density at radius 3 is 2.69 bits per heavy atom. The number of hydrogen-bond donors (Lipinski definition) is 1. The number of piperidine rings is 1. The molecule has 3 aromatic rings. The van der Waals surface area contributed by atoms with Crippen LogP contribution in [0.1, 0.15) is 29.0 Å². The monoisotopic (exact) mass is 367 g/mol. The predicted molar refractivity (Wildman–Crippen MR) is 104 cm³/mol. The zero-order chi connectivity index (χ0) is 17.9. The summed E-state index contributed by atoms with van der Waals surface area (Å²) >= 11 is 1.68. The van der Waals surface area contributed by atoms with Gasteiger partial charge in [-0.2, -0.15) is 0 Å². The summed E-state index contributed by atoms with van der Waals surface area (Å²) < 4.78 is 5.15. The fourth-order valence-electron chi connectivity index (χ4n) is 3.15. The second-order valence-corrected chi connectivity index (χ2v) is 7.43. The lowest BCUT2D eigenvalue weighted by Gasteiger charge is -2.31. The van der Waals surface area contributed by atoms with E-state index in [4.69, 9.17) is 9.40 Å². The minimum absolute atomic E-state index is 0.135. The fraction of sp³-hybridized carbons (Fsp3) is 0.300. The van der Waals surface area contributed by atoms with Crippen LogP contribution in [0.5, 0.6) is 0 Å². The van der Waals surface area contributed by atoms with Crippen molar-refractivity contribution in [1.82, 2.24) is 10.3 Å². The summed E-state index contributed by atoms with van der Waals surface area (Å²) in [6.45, 7) is 3.87. The van der Waals surface area contributed by atoms with Gasteiger partial charge in [0.1, 0.15) is 0 Å². The highest BCUT2D eigenvalue weighted by molar-refractivity contribution is 7.14. The average molecular weight is 367 g/mol. The van der Waals surface area contributed by atoms with Gasteiger partial charge in [-0.25, -0.2) is 4.98 Å². The van der Waals surface area contributed by atoms with E-state index in [2.05, 4.69) is 46.8 Å². The number of anilines is 1. The maximum absolute atomic E-state index is 12.1. The molecule has 1 fully saturated rings. The smallest absolute Gasteiger partial charge is 0.287 e. The number of carbonyl (C=O) groups excluding carboxylic acids is 1. The Kier molecular flexibility index (Phi) is 4.75. The molecule has 1 amide bonds. The van der Waals surface area contributed by atoms with Gasteiger partial charge in [0.25, 0.3) is 5.91 Å². The Labute approximate surface area is 156 Å². The molecule has 0 atom stereocenters. The van der Waals surface area contributed by atoms with E-state index in [1.165, 1.54) is 11.8 Å². The van der Waals surface area contributed by atoms with E-state index in [1.54, 1.807) is 23.5 Å². The molecule has 0 unspecified atom stereocenters. The second-order valence-electron chi connectivity index (χ2n) is 6.59. The molecule has 0 radical (unpaired) electrons. The number of nitrogens with one attached hydrogen (secondary N) is 1. The number of aromatic nitrogens is 1. The first kappa shape index (κ1) is 16.8. The summed E-state index contributed by atoms with van der Waals surface area (Å²) in [6.07, 6.45) is 3.34. The first-order valence-electron chi connectivity index (χ1n) is 8.81. The number of carbonyl (C=O) groups is 1. The van der Waals surface area contributed by atoms with E-state index in [1.807, 2.05) is 0 Å². The summed E-state index contributed by atoms with van der Waals surface area (Å²) in [6, 6.07) is 12.1. The molecule has 0 aliphatic carbocycles. The van der Waals surface area contributed by atoms with Gasteiger partial charge >= 0.3 is 0 Å². The maximum atomic E-state index is 12.1. The zero-order valence-electron chi connectivity index (χ0n) is 14.6. The van der Waals surface area contributed by atoms with E-state index >= 15 is 0 Å². The van der Waals surface area contributed by atoms with Gasteiger partial charge in [0.05, 0.1) is 12.0 Å². The molecule has 1 saturated heterocycles. The second kappa shape index (κ2) is 7.33. The quantitative estimate of drug-likeness (QED) is 0.754. The molecule has 134 valence electrons. The Morgan fingerprint density at radius 1 is 1.23 bits per heavy atom. The van der Waals surface area contributed by atoms with Crippen LogP contribution in [-0.4, -0.2) is 30.0 Å². The minimum Gasteiger partial charge on any atom is -0.459 e. The molecule has 0 bridgehead atoms. The van der Waals surface area contributed by atoms with Crippen LogP contribution in [0.3, 0.4) is 0 Å². The Balaban J connectivity index is 1.35. The topological polar surface area (TPSA) is 58.4 Å². The third-order valence-corrected chi connectivity index (χ3v) is 5.59. The van der Waals surface area contributed by atoms with Gasteiger partial charge in [0.2, 0.25) is 0 Å². The van der Waals surface area contributed by atoms with Gasteiger partial charge in [-0.1, -0.05) is 29.8 Å². The highest BCUT2D eigenvalue weighted by Crippen LogP contribution is 2.29. The standard InChI is InChI=1S/C20H21N3O2S/c1-14-4-6-15(7-5-14)17-13-26-20(22-17)23-10-8-16(9-11-23)21-19(24)18-3-2-12-25-18/h2-7,12-13,16H,8-11H2,1H3,(H,21,24). The van der Waals surface area contributed by atoms with Crippen LogP contribution in [0, 0.1) is 6.92 Å². The van der Waals surface area contributed by atoms with Crippen LogP contribution in [0.25, 0.3) is 11.3 Å². The number of aryl methyl sites for hydroxylation is 1. The van der Waals surface area contributed by atoms with Crippen molar-refractivity contribution < 1.29 is 9.21 Å². The number of rotatable bonds is 4. The molecule has 1 aliphatic rings. The van der Waals surface area contributed by atoms with E-state index < -0.39 is 0 Å². The van der Waals surface area contributed by atoms with E-state index in [0.717, 1.165) is 42.3 Å². The molecule has 4 rings (SSSR count). The third kappa shape index (κ3) is 3.65. The van der Waals surface area contributed by atoms with Gasteiger partial charge < -0.3 is 14.6 Å². The normalized spacial score (nSPS) is 15.2. The van der Waals surface area contributed by atoms with Crippen LogP contribution in [0.15, 0.2) is 52.5 Å². The number of thiazole rings is 1. The van der Waals surface area contributed by atoms with Gasteiger partial charge in [0, 0.05) is 30.1 Å². The number of nitrogens with zero attached hydrogens (tertiary/aromatic N) is 2. The summed E-state index contributed by atoms with van der Waals surface area (Å²) in [5.74, 6) is 0.236. The lowest BCUT2D eigenvalue weighted by Crippen LogP contribution is -2.44. The molecule has 0 spiro atoms. The lowest BCUT2D eigenvalue weighted by atomic mass is 10.1. The molecule has 6 heteroatoms. The molecular weight excluding hydrogens is 346 g/mol. The van der Waals surface area contributed by atoms with Crippen molar-refractivity contribution in [2.75, 3.05) is 18.0 Å². The van der Waals surface area contributed by atoms with Crippen molar-refractivity contribution in [3.63, 3.8) is 0 Å². The van der Waals surface area contributed by atoms with Gasteiger partial charge in [-0.3, -0.25) is 4.79 Å². The molecule has 2 aromatic heterocycles. The van der Waals surface area contributed by atoms with Crippen molar-refractivity contribution in [2.45, 2.75) is 25.8 Å². The number of furan rings is 1. The molecule has 3 heterocycles. The van der Waals surface area contributed by atoms with Crippen LogP contribution in [0.4, 0.5) is 5.13 Å². The molecule has 0 saturated carbocycles. The van der Waals surface area contributed by atoms with Gasteiger partial charge in [-0.15, -0.1) is 11.3 Å². The molecule has 1 N–H and O–H groups in total. The summed E-state index contributed by atoms with van der Waals surface area (Å²) in [5.41, 5.74) is 3.43. The third-order valence-electron chi connectivity index (χ3n) is 4.69. The molecule has 5 nitrogen and oxygen atoms in total. The highest BCUT2D eigenvalue weighted by atomic mass is 32.1. The summed E-state index contributed by atoms with van der Waals surface area (Å²) in [7, 11) is 0. The van der Waals surface area contributed by atoms with Crippen molar-refractivity contribution in [2.24, 2.45) is 0 Å². The van der Waals surface area contributed by atoms with Crippen LogP contribution in [-0.2, 0) is 0 Å². The van der Waals surface area contributed by atoms with E-state index in [-0.39, 0.29) is 11.9 Å². The number of amides is 1. The van der Waals surface area contributed by atoms with E-state index in [9.17, 15) is 4.79 Å². The van der Waals surface area contributed by atoms with Crippen LogP contribution in [0.2, 0.25) is 0 Å². The largest absolute Gasteiger partial charge is 0.459 e. The SMILES string of the molecule is Cc1ccc(-c2csc(N3CCC(NC(=O)c4ccco4)CC3)n2)cc1. The average Bonchev–Trinajstić information content (AvgIpc) is 3.35. The summed E-state index contributed by atoms with van der Waals surface area (Å²) in [5, 5.41) is 6.22. The van der Waals surface area contributed by atoms with Gasteiger partial charge in [0.15, 0.2) is 10.9 Å². The maximum Gasteiger partial charge on any atom is 0.287 e. The van der Waals surface area contributed by atoms with Crippen molar-refractivity contribution >= 4 is 22.4 Å². The first-order chi connectivity index (χ1) is 12.7. The minimum atomic E-state index is -0.135. The number of hydrogen-bond acceptors (Lipinski definition) is 5. The van der Waals surface area contributed by atoms with Gasteiger partial charge in [-0.05, 0) is 31.9 Å². The molecule has 26 heavy (non-hydrogen) atoms. The molecule has 1 aromatic carbocycles. The first-order valence-corrected chi connectivity index (χ1v) is 9.69. The highest BCUT2D eigenvalue weighted by Gasteiger charge is 2.23. The Bertz CT molecular complexity index is 863. The van der Waals surface area contributed by atoms with Crippen molar-refractivity contribution in [3.8, 4) is 11.3 Å². The zero-order valence-corrected chi connectivity index (χ0v) is 15.5.